The van der Waals surface area contributed by atoms with Crippen molar-refractivity contribution in [2.24, 2.45) is 0 Å². The molecule has 106 valence electrons. The first-order valence-electron chi connectivity index (χ1n) is 6.62. The highest BCUT2D eigenvalue weighted by atomic mass is 35.5. The minimum absolute atomic E-state index is 0.158. The van der Waals surface area contributed by atoms with Crippen molar-refractivity contribution < 1.29 is 4.79 Å². The molecular weight excluding hydrogens is 302 g/mol. The van der Waals surface area contributed by atoms with Gasteiger partial charge in [-0.2, -0.15) is 0 Å². The summed E-state index contributed by atoms with van der Waals surface area (Å²) in [7, 11) is 0. The number of amides is 1. The normalized spacial score (nSPS) is 10.8. The van der Waals surface area contributed by atoms with Crippen LogP contribution in [0.5, 0.6) is 0 Å². The molecule has 4 heteroatoms. The molecule has 2 nitrogen and oxygen atoms in total. The molecule has 0 bridgehead atoms. The second kappa shape index (κ2) is 5.51. The van der Waals surface area contributed by atoms with E-state index in [-0.39, 0.29) is 5.91 Å². The summed E-state index contributed by atoms with van der Waals surface area (Å²) in [5, 5.41) is 4.41. The number of thiophene rings is 1. The predicted octanol–water partition coefficient (Wildman–Crippen LogP) is 5.42. The van der Waals surface area contributed by atoms with Crippen molar-refractivity contribution in [2.75, 3.05) is 5.32 Å². The van der Waals surface area contributed by atoms with Crippen molar-refractivity contribution in [3.63, 3.8) is 0 Å². The fraction of sp³-hybridized carbons (Fsp3) is 0.118. The number of hydrogen-bond acceptors (Lipinski definition) is 2. The van der Waals surface area contributed by atoms with Gasteiger partial charge in [-0.1, -0.05) is 41.9 Å². The average molecular weight is 316 g/mol. The zero-order chi connectivity index (χ0) is 15.0. The first kappa shape index (κ1) is 14.1. The van der Waals surface area contributed by atoms with E-state index in [2.05, 4.69) is 5.32 Å². The highest BCUT2D eigenvalue weighted by Gasteiger charge is 2.17. The van der Waals surface area contributed by atoms with Crippen LogP contribution in [0.1, 0.15) is 20.8 Å². The Morgan fingerprint density at radius 3 is 2.62 bits per heavy atom. The van der Waals surface area contributed by atoms with Crippen molar-refractivity contribution >= 4 is 44.6 Å². The molecule has 0 aliphatic rings. The third-order valence-electron chi connectivity index (χ3n) is 3.59. The van der Waals surface area contributed by atoms with Crippen LogP contribution in [0.4, 0.5) is 5.69 Å². The van der Waals surface area contributed by atoms with Crippen LogP contribution in [0.15, 0.2) is 42.5 Å². The van der Waals surface area contributed by atoms with Crippen LogP contribution in [0.25, 0.3) is 10.1 Å². The van der Waals surface area contributed by atoms with Crippen LogP contribution < -0.4 is 5.32 Å². The zero-order valence-electron chi connectivity index (χ0n) is 11.7. The maximum Gasteiger partial charge on any atom is 0.267 e. The first-order valence-corrected chi connectivity index (χ1v) is 7.82. The van der Waals surface area contributed by atoms with Crippen LogP contribution in [0, 0.1) is 13.8 Å². The van der Waals surface area contributed by atoms with Gasteiger partial charge in [-0.3, -0.25) is 4.79 Å². The first-order chi connectivity index (χ1) is 10.1. The summed E-state index contributed by atoms with van der Waals surface area (Å²) in [4.78, 5) is 13.0. The average Bonchev–Trinajstić information content (AvgIpc) is 2.82. The summed E-state index contributed by atoms with van der Waals surface area (Å²) in [6.45, 7) is 4.02. The molecule has 1 N–H and O–H groups in total. The molecule has 0 atom stereocenters. The van der Waals surface area contributed by atoms with Gasteiger partial charge >= 0.3 is 0 Å². The Morgan fingerprint density at radius 1 is 1.10 bits per heavy atom. The smallest absolute Gasteiger partial charge is 0.267 e. The van der Waals surface area contributed by atoms with E-state index in [1.165, 1.54) is 11.3 Å². The summed E-state index contributed by atoms with van der Waals surface area (Å²) in [6, 6.07) is 13.6. The number of carbonyl (C=O) groups excluding carboxylic acids is 1. The van der Waals surface area contributed by atoms with Crippen molar-refractivity contribution in [3.05, 3.63) is 63.5 Å². The quantitative estimate of drug-likeness (QED) is 0.671. The van der Waals surface area contributed by atoms with E-state index >= 15 is 0 Å². The van der Waals surface area contributed by atoms with Gasteiger partial charge in [0.2, 0.25) is 0 Å². The summed E-state index contributed by atoms with van der Waals surface area (Å²) in [6.07, 6.45) is 0. The predicted molar refractivity (Wildman–Crippen MR) is 90.7 cm³/mol. The van der Waals surface area contributed by atoms with Crippen molar-refractivity contribution in [3.8, 4) is 0 Å². The molecule has 1 amide bonds. The number of hydrogen-bond donors (Lipinski definition) is 1. The Bertz CT molecular complexity index is 838. The third-order valence-corrected chi connectivity index (χ3v) is 5.27. The van der Waals surface area contributed by atoms with Gasteiger partial charge in [-0.05, 0) is 37.1 Å². The molecule has 0 aliphatic heterocycles. The molecule has 0 fully saturated rings. The minimum atomic E-state index is -0.158. The second-order valence-corrected chi connectivity index (χ2v) is 6.37. The summed E-state index contributed by atoms with van der Waals surface area (Å²) < 4.78 is 1.02. The number of benzene rings is 2. The Balaban J connectivity index is 1.97. The maximum atomic E-state index is 12.5. The van der Waals surface area contributed by atoms with Crippen LogP contribution in [0.2, 0.25) is 5.02 Å². The molecule has 1 aromatic heterocycles. The molecule has 21 heavy (non-hydrogen) atoms. The highest BCUT2D eigenvalue weighted by Crippen LogP contribution is 2.35. The Hall–Kier alpha value is -1.84. The van der Waals surface area contributed by atoms with Gasteiger partial charge in [0.25, 0.3) is 5.91 Å². The Kier molecular flexibility index (Phi) is 3.70. The van der Waals surface area contributed by atoms with Crippen LogP contribution in [-0.4, -0.2) is 5.91 Å². The molecule has 0 unspecified atom stereocenters. The van der Waals surface area contributed by atoms with Crippen molar-refractivity contribution in [1.29, 1.82) is 0 Å². The summed E-state index contributed by atoms with van der Waals surface area (Å²) in [5.41, 5.74) is 3.05. The number of fused-ring (bicyclic) bond motifs is 1. The van der Waals surface area contributed by atoms with E-state index in [1.54, 1.807) is 0 Å². The van der Waals surface area contributed by atoms with Gasteiger partial charge < -0.3 is 5.32 Å². The number of aryl methyl sites for hydroxylation is 1. The highest BCUT2D eigenvalue weighted by molar-refractivity contribution is 7.21. The SMILES string of the molecule is Cc1cccc(NC(=O)c2sc3ccccc3c2Cl)c1C. The summed E-state index contributed by atoms with van der Waals surface area (Å²) >= 11 is 7.76. The number of carbonyl (C=O) groups is 1. The third kappa shape index (κ3) is 2.55. The minimum Gasteiger partial charge on any atom is -0.321 e. The zero-order valence-corrected chi connectivity index (χ0v) is 13.3. The molecule has 3 rings (SSSR count). The monoisotopic (exact) mass is 315 g/mol. The largest absolute Gasteiger partial charge is 0.321 e. The number of rotatable bonds is 2. The van der Waals surface area contributed by atoms with E-state index in [0.717, 1.165) is 26.9 Å². The molecule has 0 saturated carbocycles. The molecular formula is C17H14ClNOS. The van der Waals surface area contributed by atoms with Crippen molar-refractivity contribution in [2.45, 2.75) is 13.8 Å². The lowest BCUT2D eigenvalue weighted by atomic mass is 10.1. The lowest BCUT2D eigenvalue weighted by molar-refractivity contribution is 0.103. The second-order valence-electron chi connectivity index (χ2n) is 4.94. The van der Waals surface area contributed by atoms with E-state index in [0.29, 0.717) is 9.90 Å². The van der Waals surface area contributed by atoms with Crippen molar-refractivity contribution in [1.82, 2.24) is 0 Å². The van der Waals surface area contributed by atoms with Gasteiger partial charge in [0.05, 0.1) is 5.02 Å². The van der Waals surface area contributed by atoms with Gasteiger partial charge in [0, 0.05) is 15.8 Å². The molecule has 0 saturated heterocycles. The summed E-state index contributed by atoms with van der Waals surface area (Å²) in [5.74, 6) is -0.158. The number of halogens is 1. The Morgan fingerprint density at radius 2 is 1.86 bits per heavy atom. The fourth-order valence-electron chi connectivity index (χ4n) is 2.23. The van der Waals surface area contributed by atoms with E-state index in [9.17, 15) is 4.79 Å². The van der Waals surface area contributed by atoms with Gasteiger partial charge in [0.1, 0.15) is 4.88 Å². The topological polar surface area (TPSA) is 29.1 Å². The van der Waals surface area contributed by atoms with E-state index < -0.39 is 0 Å². The standard InChI is InChI=1S/C17H14ClNOS/c1-10-6-5-8-13(11(10)2)19-17(20)16-15(18)12-7-3-4-9-14(12)21-16/h3-9H,1-2H3,(H,19,20). The molecule has 1 heterocycles. The van der Waals surface area contributed by atoms with Crippen LogP contribution in [-0.2, 0) is 0 Å². The fourth-order valence-corrected chi connectivity index (χ4v) is 3.64. The van der Waals surface area contributed by atoms with Crippen LogP contribution >= 0.6 is 22.9 Å². The molecule has 0 radical (unpaired) electrons. The lowest BCUT2D eigenvalue weighted by Crippen LogP contribution is -2.11. The number of nitrogens with one attached hydrogen (secondary N) is 1. The van der Waals surface area contributed by atoms with Gasteiger partial charge in [-0.15, -0.1) is 11.3 Å². The van der Waals surface area contributed by atoms with E-state index in [4.69, 9.17) is 11.6 Å². The van der Waals surface area contributed by atoms with E-state index in [1.807, 2.05) is 56.3 Å². The maximum absolute atomic E-state index is 12.5. The lowest BCUT2D eigenvalue weighted by Gasteiger charge is -2.09. The van der Waals surface area contributed by atoms with Gasteiger partial charge in [-0.25, -0.2) is 0 Å². The number of anilines is 1. The molecule has 0 spiro atoms. The Labute approximate surface area is 132 Å². The van der Waals surface area contributed by atoms with Gasteiger partial charge in [0.15, 0.2) is 0 Å². The van der Waals surface area contributed by atoms with Crippen LogP contribution in [0.3, 0.4) is 0 Å². The molecule has 3 aromatic rings. The molecule has 0 aliphatic carbocycles. The molecule has 2 aromatic carbocycles.